The van der Waals surface area contributed by atoms with E-state index in [1.165, 1.54) is 11.3 Å². The Morgan fingerprint density at radius 2 is 2.12 bits per heavy atom. The highest BCUT2D eigenvalue weighted by atomic mass is 32.1. The molecule has 7 nitrogen and oxygen atoms in total. The van der Waals surface area contributed by atoms with E-state index in [9.17, 15) is 9.59 Å². The van der Waals surface area contributed by atoms with Crippen LogP contribution >= 0.6 is 11.3 Å². The minimum absolute atomic E-state index is 0.117. The summed E-state index contributed by atoms with van der Waals surface area (Å²) < 4.78 is 15.7. The standard InChI is InChI=1S/C17H14N2O5S/c1-8-9(2)25-16-14(8)15(20)18-13(19-16)6-22-17(21)10-3-4-11-12(5-10)24-7-23-11/h3-5H,6-7H2,1-2H3,(H,18,19,20). The molecule has 4 rings (SSSR count). The average molecular weight is 358 g/mol. The summed E-state index contributed by atoms with van der Waals surface area (Å²) >= 11 is 1.45. The van der Waals surface area contributed by atoms with Crippen LogP contribution in [-0.2, 0) is 11.3 Å². The number of thiophene rings is 1. The van der Waals surface area contributed by atoms with Gasteiger partial charge in [0.1, 0.15) is 17.3 Å². The van der Waals surface area contributed by atoms with Crippen molar-refractivity contribution in [2.75, 3.05) is 6.79 Å². The predicted octanol–water partition coefficient (Wildman–Crippen LogP) is 2.69. The molecule has 0 unspecified atom stereocenters. The van der Waals surface area contributed by atoms with Gasteiger partial charge in [0.25, 0.3) is 5.56 Å². The van der Waals surface area contributed by atoms with E-state index < -0.39 is 5.97 Å². The van der Waals surface area contributed by atoms with Crippen molar-refractivity contribution in [2.24, 2.45) is 0 Å². The Morgan fingerprint density at radius 1 is 1.32 bits per heavy atom. The molecule has 0 bridgehead atoms. The van der Waals surface area contributed by atoms with E-state index in [2.05, 4.69) is 9.97 Å². The maximum atomic E-state index is 12.2. The number of rotatable bonds is 3. The quantitative estimate of drug-likeness (QED) is 0.724. The highest BCUT2D eigenvalue weighted by molar-refractivity contribution is 7.18. The number of nitrogens with one attached hydrogen (secondary N) is 1. The number of nitrogens with zero attached hydrogens (tertiary/aromatic N) is 1. The molecule has 128 valence electrons. The van der Waals surface area contributed by atoms with Crippen LogP contribution in [0.3, 0.4) is 0 Å². The number of fused-ring (bicyclic) bond motifs is 2. The van der Waals surface area contributed by atoms with Crippen LogP contribution in [0.2, 0.25) is 0 Å². The molecule has 0 amide bonds. The molecule has 8 heteroatoms. The van der Waals surface area contributed by atoms with Crippen LogP contribution in [0.25, 0.3) is 10.2 Å². The van der Waals surface area contributed by atoms with Gasteiger partial charge >= 0.3 is 5.97 Å². The van der Waals surface area contributed by atoms with Crippen LogP contribution < -0.4 is 15.0 Å². The lowest BCUT2D eigenvalue weighted by molar-refractivity contribution is 0.0462. The lowest BCUT2D eigenvalue weighted by atomic mass is 10.2. The van der Waals surface area contributed by atoms with Crippen molar-refractivity contribution >= 4 is 27.5 Å². The highest BCUT2D eigenvalue weighted by Crippen LogP contribution is 2.32. The van der Waals surface area contributed by atoms with Gasteiger partial charge in [0.15, 0.2) is 11.5 Å². The molecule has 3 heterocycles. The number of aromatic amines is 1. The Balaban J connectivity index is 1.54. The molecule has 2 aromatic heterocycles. The summed E-state index contributed by atoms with van der Waals surface area (Å²) in [7, 11) is 0. The van der Waals surface area contributed by atoms with Crippen molar-refractivity contribution in [3.05, 3.63) is 50.4 Å². The van der Waals surface area contributed by atoms with Gasteiger partial charge < -0.3 is 19.2 Å². The second-order valence-corrected chi connectivity index (χ2v) is 6.82. The van der Waals surface area contributed by atoms with Gasteiger partial charge in [-0.1, -0.05) is 0 Å². The molecule has 1 aliphatic heterocycles. The van der Waals surface area contributed by atoms with E-state index in [1.807, 2.05) is 13.8 Å². The fourth-order valence-electron chi connectivity index (χ4n) is 2.61. The highest BCUT2D eigenvalue weighted by Gasteiger charge is 2.18. The first kappa shape index (κ1) is 15.6. The molecular formula is C17H14N2O5S. The number of esters is 1. The van der Waals surface area contributed by atoms with Crippen LogP contribution in [0.1, 0.15) is 26.6 Å². The summed E-state index contributed by atoms with van der Waals surface area (Å²) in [6, 6.07) is 4.82. The predicted molar refractivity (Wildman–Crippen MR) is 91.4 cm³/mol. The molecule has 0 spiro atoms. The summed E-state index contributed by atoms with van der Waals surface area (Å²) in [5.74, 6) is 0.885. The lowest BCUT2D eigenvalue weighted by Crippen LogP contribution is -2.14. The van der Waals surface area contributed by atoms with E-state index in [0.29, 0.717) is 33.1 Å². The van der Waals surface area contributed by atoms with Gasteiger partial charge in [-0.25, -0.2) is 9.78 Å². The Hall–Kier alpha value is -2.87. The number of hydrogen-bond acceptors (Lipinski definition) is 7. The first-order valence-electron chi connectivity index (χ1n) is 7.58. The Labute approximate surface area is 146 Å². The zero-order valence-electron chi connectivity index (χ0n) is 13.5. The fraction of sp³-hybridized carbons (Fsp3) is 0.235. The third-order valence-electron chi connectivity index (χ3n) is 4.04. The monoisotopic (exact) mass is 358 g/mol. The van der Waals surface area contributed by atoms with Crippen LogP contribution in [0.5, 0.6) is 11.5 Å². The molecule has 0 fully saturated rings. The number of ether oxygens (including phenoxy) is 3. The van der Waals surface area contributed by atoms with E-state index in [-0.39, 0.29) is 19.0 Å². The summed E-state index contributed by atoms with van der Waals surface area (Å²) in [6.45, 7) is 3.86. The zero-order valence-corrected chi connectivity index (χ0v) is 14.4. The Kier molecular flexibility index (Phi) is 3.69. The van der Waals surface area contributed by atoms with E-state index in [4.69, 9.17) is 14.2 Å². The lowest BCUT2D eigenvalue weighted by Gasteiger charge is -2.05. The second-order valence-electron chi connectivity index (χ2n) is 5.62. The van der Waals surface area contributed by atoms with Crippen LogP contribution in [0.4, 0.5) is 0 Å². The molecule has 25 heavy (non-hydrogen) atoms. The number of H-pyrrole nitrogens is 1. The molecule has 0 atom stereocenters. The first-order chi connectivity index (χ1) is 12.0. The van der Waals surface area contributed by atoms with Gasteiger partial charge in [0.2, 0.25) is 6.79 Å². The zero-order chi connectivity index (χ0) is 17.6. The van der Waals surface area contributed by atoms with Gasteiger partial charge in [-0.15, -0.1) is 11.3 Å². The van der Waals surface area contributed by atoms with Crippen molar-refractivity contribution in [1.82, 2.24) is 9.97 Å². The van der Waals surface area contributed by atoms with Gasteiger partial charge in [-0.2, -0.15) is 0 Å². The van der Waals surface area contributed by atoms with Crippen molar-refractivity contribution < 1.29 is 19.0 Å². The van der Waals surface area contributed by atoms with Gasteiger partial charge in [-0.05, 0) is 37.6 Å². The first-order valence-corrected chi connectivity index (χ1v) is 8.40. The van der Waals surface area contributed by atoms with Crippen molar-refractivity contribution in [3.63, 3.8) is 0 Å². The minimum Gasteiger partial charge on any atom is -0.454 e. The Bertz CT molecular complexity index is 1050. The molecule has 1 N–H and O–H groups in total. The van der Waals surface area contributed by atoms with Crippen molar-refractivity contribution in [2.45, 2.75) is 20.5 Å². The Morgan fingerprint density at radius 3 is 2.96 bits per heavy atom. The number of hydrogen-bond donors (Lipinski definition) is 1. The number of carbonyl (C=O) groups excluding carboxylic acids is 1. The number of benzene rings is 1. The maximum absolute atomic E-state index is 12.2. The number of aromatic nitrogens is 2. The van der Waals surface area contributed by atoms with Crippen LogP contribution in [-0.4, -0.2) is 22.7 Å². The van der Waals surface area contributed by atoms with Crippen LogP contribution in [0.15, 0.2) is 23.0 Å². The summed E-state index contributed by atoms with van der Waals surface area (Å²) in [5, 5.41) is 0.591. The topological polar surface area (TPSA) is 90.5 Å². The SMILES string of the molecule is Cc1sc2nc(COC(=O)c3ccc4c(c3)OCO4)[nH]c(=O)c2c1C. The molecule has 0 aliphatic carbocycles. The molecule has 3 aromatic rings. The van der Waals surface area contributed by atoms with E-state index in [1.54, 1.807) is 18.2 Å². The van der Waals surface area contributed by atoms with Crippen molar-refractivity contribution in [1.29, 1.82) is 0 Å². The number of aryl methyl sites for hydroxylation is 2. The fourth-order valence-corrected chi connectivity index (χ4v) is 3.66. The maximum Gasteiger partial charge on any atom is 0.338 e. The average Bonchev–Trinajstić information content (AvgIpc) is 3.17. The van der Waals surface area contributed by atoms with Gasteiger partial charge in [0, 0.05) is 4.88 Å². The number of carbonyl (C=O) groups is 1. The third kappa shape index (κ3) is 2.74. The normalized spacial score (nSPS) is 12.6. The second kappa shape index (κ2) is 5.89. The molecule has 0 saturated carbocycles. The third-order valence-corrected chi connectivity index (χ3v) is 5.14. The minimum atomic E-state index is -0.528. The molecule has 1 aliphatic rings. The molecule has 0 saturated heterocycles. The largest absolute Gasteiger partial charge is 0.454 e. The summed E-state index contributed by atoms with van der Waals surface area (Å²) in [5.41, 5.74) is 1.05. The summed E-state index contributed by atoms with van der Waals surface area (Å²) in [4.78, 5) is 33.1. The molecule has 1 aromatic carbocycles. The van der Waals surface area contributed by atoms with Gasteiger partial charge in [-0.3, -0.25) is 4.79 Å². The van der Waals surface area contributed by atoms with Crippen molar-refractivity contribution in [3.8, 4) is 11.5 Å². The molecular weight excluding hydrogens is 344 g/mol. The van der Waals surface area contributed by atoms with Gasteiger partial charge in [0.05, 0.1) is 10.9 Å². The molecule has 0 radical (unpaired) electrons. The van der Waals surface area contributed by atoms with E-state index in [0.717, 1.165) is 10.4 Å². The smallest absolute Gasteiger partial charge is 0.338 e. The van der Waals surface area contributed by atoms with Crippen LogP contribution in [0, 0.1) is 13.8 Å². The summed E-state index contributed by atoms with van der Waals surface area (Å²) in [6.07, 6.45) is 0. The van der Waals surface area contributed by atoms with E-state index >= 15 is 0 Å².